The minimum atomic E-state index is -0.426. The van der Waals surface area contributed by atoms with Crippen LogP contribution in [0.4, 0.5) is 5.69 Å². The van der Waals surface area contributed by atoms with Crippen LogP contribution in [0.1, 0.15) is 29.8 Å². The van der Waals surface area contributed by atoms with Crippen LogP contribution in [0.5, 0.6) is 0 Å². The number of amides is 1. The van der Waals surface area contributed by atoms with E-state index in [4.69, 9.17) is 4.74 Å². The highest BCUT2D eigenvalue weighted by molar-refractivity contribution is 6.09. The molecular formula is C21H20N4O3. The monoisotopic (exact) mass is 376 g/mol. The number of nitrogens with one attached hydrogen (secondary N) is 1. The van der Waals surface area contributed by atoms with Crippen molar-refractivity contribution in [1.82, 2.24) is 15.0 Å². The van der Waals surface area contributed by atoms with Crippen LogP contribution in [-0.4, -0.2) is 40.0 Å². The molecule has 0 aliphatic carbocycles. The summed E-state index contributed by atoms with van der Waals surface area (Å²) in [6.45, 7) is 8.15. The fourth-order valence-corrected chi connectivity index (χ4v) is 3.52. The molecule has 28 heavy (non-hydrogen) atoms. The van der Waals surface area contributed by atoms with E-state index in [2.05, 4.69) is 21.5 Å². The summed E-state index contributed by atoms with van der Waals surface area (Å²) in [6, 6.07) is 5.89. The molecule has 3 heterocycles. The van der Waals surface area contributed by atoms with Gasteiger partial charge in [-0.1, -0.05) is 18.7 Å². The van der Waals surface area contributed by atoms with Gasteiger partial charge in [-0.05, 0) is 31.9 Å². The van der Waals surface area contributed by atoms with Crippen molar-refractivity contribution in [3.8, 4) is 11.3 Å². The van der Waals surface area contributed by atoms with Crippen LogP contribution < -0.4 is 4.90 Å². The molecule has 0 saturated carbocycles. The van der Waals surface area contributed by atoms with E-state index in [1.54, 1.807) is 24.9 Å². The van der Waals surface area contributed by atoms with Gasteiger partial charge in [0.25, 0.3) is 5.91 Å². The smallest absolute Gasteiger partial charge is 0.340 e. The Bertz CT molecular complexity index is 1120. The Labute approximate surface area is 162 Å². The van der Waals surface area contributed by atoms with Crippen molar-refractivity contribution in [1.29, 1.82) is 0 Å². The summed E-state index contributed by atoms with van der Waals surface area (Å²) < 4.78 is 5.16. The zero-order valence-electron chi connectivity index (χ0n) is 15.8. The van der Waals surface area contributed by atoms with Crippen LogP contribution in [0.15, 0.2) is 42.9 Å². The summed E-state index contributed by atoms with van der Waals surface area (Å²) in [5, 5.41) is 0.608. The lowest BCUT2D eigenvalue weighted by Crippen LogP contribution is -2.29. The summed E-state index contributed by atoms with van der Waals surface area (Å²) >= 11 is 0. The second kappa shape index (κ2) is 6.92. The minimum absolute atomic E-state index is 0.0856. The van der Waals surface area contributed by atoms with E-state index in [9.17, 15) is 9.59 Å². The topological polar surface area (TPSA) is 88.2 Å². The number of carbonyl (C=O) groups is 2. The second-order valence-electron chi connectivity index (χ2n) is 6.70. The van der Waals surface area contributed by atoms with Gasteiger partial charge < -0.3 is 14.6 Å². The number of hydrogen-bond acceptors (Lipinski definition) is 5. The van der Waals surface area contributed by atoms with Gasteiger partial charge in [-0.25, -0.2) is 14.8 Å². The summed E-state index contributed by atoms with van der Waals surface area (Å²) in [5.74, 6) is -0.511. The number of carbonyl (C=O) groups excluding carboxylic acids is 2. The first-order chi connectivity index (χ1) is 13.5. The SMILES string of the molecule is C=C(C)C(=O)N1CCc2ccc(-c3ncnc4[nH]cc(C(=O)OCC)c34)cc21. The van der Waals surface area contributed by atoms with Gasteiger partial charge in [0.05, 0.1) is 23.3 Å². The number of nitrogens with zero attached hydrogens (tertiary/aromatic N) is 3. The van der Waals surface area contributed by atoms with Crippen LogP contribution in [0.2, 0.25) is 0 Å². The Kier molecular flexibility index (Phi) is 4.43. The first-order valence-electron chi connectivity index (χ1n) is 9.11. The number of ether oxygens (including phenoxy) is 1. The van der Waals surface area contributed by atoms with Crippen molar-refractivity contribution in [3.05, 3.63) is 54.0 Å². The van der Waals surface area contributed by atoms with E-state index >= 15 is 0 Å². The van der Waals surface area contributed by atoms with Gasteiger partial charge in [-0.2, -0.15) is 0 Å². The number of aromatic nitrogens is 3. The zero-order chi connectivity index (χ0) is 19.8. The molecule has 0 saturated heterocycles. The van der Waals surface area contributed by atoms with E-state index in [1.807, 2.05) is 18.2 Å². The van der Waals surface area contributed by atoms with Crippen LogP contribution in [0.25, 0.3) is 22.3 Å². The molecule has 1 N–H and O–H groups in total. The lowest BCUT2D eigenvalue weighted by atomic mass is 10.0. The molecule has 7 nitrogen and oxygen atoms in total. The molecule has 0 fully saturated rings. The third-order valence-corrected chi connectivity index (χ3v) is 4.83. The van der Waals surface area contributed by atoms with Crippen LogP contribution in [0, 0.1) is 0 Å². The first-order valence-corrected chi connectivity index (χ1v) is 9.11. The molecule has 0 atom stereocenters. The third-order valence-electron chi connectivity index (χ3n) is 4.83. The Hall–Kier alpha value is -3.48. The normalized spacial score (nSPS) is 12.9. The van der Waals surface area contributed by atoms with Crippen LogP contribution in [-0.2, 0) is 16.0 Å². The highest BCUT2D eigenvalue weighted by Gasteiger charge is 2.26. The predicted molar refractivity (Wildman–Crippen MR) is 106 cm³/mol. The molecular weight excluding hydrogens is 356 g/mol. The number of aromatic amines is 1. The first kappa shape index (κ1) is 17.9. The van der Waals surface area contributed by atoms with Crippen molar-refractivity contribution in [2.75, 3.05) is 18.1 Å². The van der Waals surface area contributed by atoms with Gasteiger partial charge in [0.1, 0.15) is 12.0 Å². The number of H-pyrrole nitrogens is 1. The quantitative estimate of drug-likeness (QED) is 0.558. The molecule has 0 bridgehead atoms. The number of fused-ring (bicyclic) bond motifs is 2. The molecule has 1 amide bonds. The molecule has 0 radical (unpaired) electrons. The number of esters is 1. The van der Waals surface area contributed by atoms with E-state index in [-0.39, 0.29) is 12.5 Å². The summed E-state index contributed by atoms with van der Waals surface area (Å²) in [6.07, 6.45) is 3.84. The maximum Gasteiger partial charge on any atom is 0.340 e. The summed E-state index contributed by atoms with van der Waals surface area (Å²) in [7, 11) is 0. The minimum Gasteiger partial charge on any atom is -0.462 e. The molecule has 7 heteroatoms. The fraction of sp³-hybridized carbons (Fsp3) is 0.238. The summed E-state index contributed by atoms with van der Waals surface area (Å²) in [4.78, 5) is 38.2. The summed E-state index contributed by atoms with van der Waals surface area (Å²) in [5.41, 5.74) is 4.82. The van der Waals surface area contributed by atoms with Gasteiger partial charge >= 0.3 is 5.97 Å². The van der Waals surface area contributed by atoms with Gasteiger partial charge in [0, 0.05) is 29.6 Å². The fourth-order valence-electron chi connectivity index (χ4n) is 3.52. The average Bonchev–Trinajstić information content (AvgIpc) is 3.31. The number of anilines is 1. The van der Waals surface area contributed by atoms with E-state index in [0.29, 0.717) is 34.4 Å². The molecule has 0 spiro atoms. The average molecular weight is 376 g/mol. The molecule has 1 aliphatic rings. The van der Waals surface area contributed by atoms with Crippen molar-refractivity contribution < 1.29 is 14.3 Å². The van der Waals surface area contributed by atoms with Crippen molar-refractivity contribution >= 4 is 28.6 Å². The van der Waals surface area contributed by atoms with Gasteiger partial charge in [-0.15, -0.1) is 0 Å². The highest BCUT2D eigenvalue weighted by atomic mass is 16.5. The Morgan fingerprint density at radius 1 is 1.32 bits per heavy atom. The highest BCUT2D eigenvalue weighted by Crippen LogP contribution is 2.35. The molecule has 1 aromatic carbocycles. The Morgan fingerprint density at radius 3 is 2.89 bits per heavy atom. The maximum absolute atomic E-state index is 12.5. The molecule has 4 rings (SSSR count). The van der Waals surface area contributed by atoms with Crippen LogP contribution in [0.3, 0.4) is 0 Å². The van der Waals surface area contributed by atoms with Gasteiger partial charge in [0.15, 0.2) is 0 Å². The van der Waals surface area contributed by atoms with Crippen LogP contribution >= 0.6 is 0 Å². The van der Waals surface area contributed by atoms with Crippen molar-refractivity contribution in [2.45, 2.75) is 20.3 Å². The maximum atomic E-state index is 12.5. The molecule has 0 unspecified atom stereocenters. The van der Waals surface area contributed by atoms with E-state index in [1.165, 1.54) is 6.33 Å². The second-order valence-corrected chi connectivity index (χ2v) is 6.70. The number of hydrogen-bond donors (Lipinski definition) is 1. The third kappa shape index (κ3) is 2.85. The Morgan fingerprint density at radius 2 is 2.14 bits per heavy atom. The molecule has 3 aromatic rings. The molecule has 1 aliphatic heterocycles. The Balaban J connectivity index is 1.85. The number of rotatable bonds is 4. The van der Waals surface area contributed by atoms with Gasteiger partial charge in [-0.3, -0.25) is 4.79 Å². The molecule has 142 valence electrons. The lowest BCUT2D eigenvalue weighted by molar-refractivity contribution is -0.115. The zero-order valence-corrected chi connectivity index (χ0v) is 15.8. The largest absolute Gasteiger partial charge is 0.462 e. The molecule has 2 aromatic heterocycles. The van der Waals surface area contributed by atoms with E-state index < -0.39 is 5.97 Å². The number of benzene rings is 1. The van der Waals surface area contributed by atoms with Crippen molar-refractivity contribution in [2.24, 2.45) is 0 Å². The standard InChI is InChI=1S/C21H20N4O3/c1-4-28-21(27)15-10-22-19-17(15)18(23-11-24-19)14-6-5-13-7-8-25(16(13)9-14)20(26)12(2)3/h5-6,9-11H,2,4,7-8H2,1,3H3,(H,22,23,24). The predicted octanol–water partition coefficient (Wildman–Crippen LogP) is 3.27. The van der Waals surface area contributed by atoms with Gasteiger partial charge in [0.2, 0.25) is 0 Å². The van der Waals surface area contributed by atoms with Crippen molar-refractivity contribution in [3.63, 3.8) is 0 Å². The van der Waals surface area contributed by atoms with E-state index in [0.717, 1.165) is 23.2 Å². The lowest BCUT2D eigenvalue weighted by Gasteiger charge is -2.18.